The van der Waals surface area contributed by atoms with Gasteiger partial charge in [-0.3, -0.25) is 9.36 Å². The Morgan fingerprint density at radius 2 is 2.00 bits per heavy atom. The molecule has 1 saturated heterocycles. The minimum Gasteiger partial charge on any atom is -0.370 e. The predicted octanol–water partition coefficient (Wildman–Crippen LogP) is 3.32. The van der Waals surface area contributed by atoms with Gasteiger partial charge in [0.2, 0.25) is 0 Å². The van der Waals surface area contributed by atoms with Gasteiger partial charge in [-0.1, -0.05) is 17.9 Å². The van der Waals surface area contributed by atoms with E-state index in [1.165, 1.54) is 12.1 Å². The van der Waals surface area contributed by atoms with Crippen LogP contribution in [0.15, 0.2) is 47.3 Å². The lowest BCUT2D eigenvalue weighted by atomic mass is 10.1. The summed E-state index contributed by atoms with van der Waals surface area (Å²) in [4.78, 5) is 17.3. The van der Waals surface area contributed by atoms with E-state index in [1.807, 2.05) is 0 Å². The molecule has 4 nitrogen and oxygen atoms in total. The topological polar surface area (TPSA) is 44.1 Å². The van der Waals surface area contributed by atoms with Gasteiger partial charge >= 0.3 is 0 Å². The maximum absolute atomic E-state index is 13.2. The van der Waals surface area contributed by atoms with Crippen LogP contribution in [0.2, 0.25) is 0 Å². The molecule has 4 rings (SSSR count). The Balaban J connectivity index is 1.77. The Morgan fingerprint density at radius 1 is 1.19 bits per heavy atom. The Bertz CT molecular complexity index is 1100. The number of fused-ring (bicyclic) bond motifs is 1. The fourth-order valence-corrected chi connectivity index (χ4v) is 3.15. The molecule has 130 valence electrons. The number of benzene rings is 2. The van der Waals surface area contributed by atoms with Gasteiger partial charge in [0.15, 0.2) is 0 Å². The van der Waals surface area contributed by atoms with Crippen molar-refractivity contribution in [1.29, 1.82) is 0 Å². The molecule has 5 heteroatoms. The lowest BCUT2D eigenvalue weighted by Crippen LogP contribution is -2.24. The van der Waals surface area contributed by atoms with E-state index in [2.05, 4.69) is 16.8 Å². The molecule has 0 aliphatic carbocycles. The standard InChI is InChI=1S/C21H17FN2O2/c1-24-20(19-6-3-11-26-19)23-18-13-15(9-10-17(18)21(24)25)8-7-14-4-2-5-16(22)12-14/h2,4-5,9-10,12-13,19H,3,6,11H2,1H3. The Kier molecular flexibility index (Phi) is 4.27. The van der Waals surface area contributed by atoms with Crippen LogP contribution in [0.25, 0.3) is 10.9 Å². The molecule has 0 bridgehead atoms. The molecule has 0 radical (unpaired) electrons. The second-order valence-electron chi connectivity index (χ2n) is 6.33. The highest BCUT2D eigenvalue weighted by atomic mass is 19.1. The van der Waals surface area contributed by atoms with Crippen molar-refractivity contribution in [2.24, 2.45) is 7.05 Å². The fraction of sp³-hybridized carbons (Fsp3) is 0.238. The van der Waals surface area contributed by atoms with Crippen LogP contribution in [0, 0.1) is 17.7 Å². The number of ether oxygens (including phenoxy) is 1. The molecule has 1 aliphatic rings. The summed E-state index contributed by atoms with van der Waals surface area (Å²) < 4.78 is 20.5. The largest absolute Gasteiger partial charge is 0.370 e. The molecule has 0 spiro atoms. The highest BCUT2D eigenvalue weighted by molar-refractivity contribution is 5.79. The first-order valence-electron chi connectivity index (χ1n) is 8.52. The maximum Gasteiger partial charge on any atom is 0.261 e. The number of halogens is 1. The number of hydrogen-bond donors (Lipinski definition) is 0. The van der Waals surface area contributed by atoms with Crippen LogP contribution in [0.1, 0.15) is 35.9 Å². The van der Waals surface area contributed by atoms with Gasteiger partial charge in [-0.2, -0.15) is 0 Å². The molecule has 1 fully saturated rings. The first-order valence-corrected chi connectivity index (χ1v) is 8.52. The summed E-state index contributed by atoms with van der Waals surface area (Å²) in [6.07, 6.45) is 1.70. The second kappa shape index (κ2) is 6.74. The van der Waals surface area contributed by atoms with E-state index in [4.69, 9.17) is 4.74 Å². The summed E-state index contributed by atoms with van der Waals surface area (Å²) in [6, 6.07) is 11.5. The number of aromatic nitrogens is 2. The summed E-state index contributed by atoms with van der Waals surface area (Å²) in [5.41, 5.74) is 1.83. The van der Waals surface area contributed by atoms with Crippen molar-refractivity contribution in [3.05, 3.63) is 75.6 Å². The third-order valence-corrected chi connectivity index (χ3v) is 4.50. The van der Waals surface area contributed by atoms with E-state index in [-0.39, 0.29) is 17.5 Å². The zero-order valence-corrected chi connectivity index (χ0v) is 14.3. The van der Waals surface area contributed by atoms with Crippen LogP contribution in [0.5, 0.6) is 0 Å². The molecule has 1 aromatic heterocycles. The number of rotatable bonds is 1. The average molecular weight is 348 g/mol. The van der Waals surface area contributed by atoms with E-state index in [9.17, 15) is 9.18 Å². The molecular formula is C21H17FN2O2. The smallest absolute Gasteiger partial charge is 0.261 e. The van der Waals surface area contributed by atoms with Crippen molar-refractivity contribution in [3.8, 4) is 11.8 Å². The molecule has 26 heavy (non-hydrogen) atoms. The third kappa shape index (κ3) is 3.12. The van der Waals surface area contributed by atoms with Crippen LogP contribution in [0.4, 0.5) is 4.39 Å². The minimum atomic E-state index is -0.318. The molecule has 0 amide bonds. The molecule has 2 heterocycles. The van der Waals surface area contributed by atoms with Crippen LogP contribution in [0.3, 0.4) is 0 Å². The third-order valence-electron chi connectivity index (χ3n) is 4.50. The maximum atomic E-state index is 13.2. The Morgan fingerprint density at radius 3 is 2.73 bits per heavy atom. The monoisotopic (exact) mass is 348 g/mol. The summed E-state index contributed by atoms with van der Waals surface area (Å²) >= 11 is 0. The highest BCUT2D eigenvalue weighted by Crippen LogP contribution is 2.27. The predicted molar refractivity (Wildman–Crippen MR) is 97.3 cm³/mol. The first kappa shape index (κ1) is 16.5. The van der Waals surface area contributed by atoms with Crippen molar-refractivity contribution >= 4 is 10.9 Å². The van der Waals surface area contributed by atoms with Crippen LogP contribution in [-0.2, 0) is 11.8 Å². The van der Waals surface area contributed by atoms with Crippen molar-refractivity contribution in [1.82, 2.24) is 9.55 Å². The Labute approximate surface area is 150 Å². The fourth-order valence-electron chi connectivity index (χ4n) is 3.15. The molecule has 3 aromatic rings. The van der Waals surface area contributed by atoms with Gasteiger partial charge in [0.25, 0.3) is 5.56 Å². The normalized spacial score (nSPS) is 16.5. The van der Waals surface area contributed by atoms with E-state index in [0.717, 1.165) is 18.4 Å². The van der Waals surface area contributed by atoms with Crippen LogP contribution < -0.4 is 5.56 Å². The first-order chi connectivity index (χ1) is 12.6. The van der Waals surface area contributed by atoms with Crippen LogP contribution >= 0.6 is 0 Å². The van der Waals surface area contributed by atoms with E-state index in [1.54, 1.807) is 41.9 Å². The molecule has 1 aliphatic heterocycles. The van der Waals surface area contributed by atoms with E-state index in [0.29, 0.717) is 28.9 Å². The average Bonchev–Trinajstić information content (AvgIpc) is 3.17. The zero-order valence-electron chi connectivity index (χ0n) is 14.3. The van der Waals surface area contributed by atoms with Crippen molar-refractivity contribution < 1.29 is 9.13 Å². The molecule has 1 unspecified atom stereocenters. The van der Waals surface area contributed by atoms with Gasteiger partial charge in [-0.25, -0.2) is 9.37 Å². The van der Waals surface area contributed by atoms with Crippen LogP contribution in [-0.4, -0.2) is 16.2 Å². The summed E-state index contributed by atoms with van der Waals surface area (Å²) in [7, 11) is 1.73. The van der Waals surface area contributed by atoms with Crippen molar-refractivity contribution in [2.45, 2.75) is 18.9 Å². The van der Waals surface area contributed by atoms with Gasteiger partial charge in [0.05, 0.1) is 10.9 Å². The molecule has 1 atom stereocenters. The molecule has 0 N–H and O–H groups in total. The van der Waals surface area contributed by atoms with E-state index >= 15 is 0 Å². The zero-order chi connectivity index (χ0) is 18.1. The summed E-state index contributed by atoms with van der Waals surface area (Å²) in [5.74, 6) is 6.27. The highest BCUT2D eigenvalue weighted by Gasteiger charge is 2.23. The lowest BCUT2D eigenvalue weighted by molar-refractivity contribution is 0.102. The quantitative estimate of drug-likeness (QED) is 0.634. The number of hydrogen-bond acceptors (Lipinski definition) is 3. The van der Waals surface area contributed by atoms with Crippen molar-refractivity contribution in [3.63, 3.8) is 0 Å². The molecule has 2 aromatic carbocycles. The van der Waals surface area contributed by atoms with Gasteiger partial charge in [0.1, 0.15) is 17.7 Å². The SMILES string of the molecule is Cn1c(C2CCCO2)nc2cc(C#Cc3cccc(F)c3)ccc2c1=O. The molecule has 0 saturated carbocycles. The summed E-state index contributed by atoms with van der Waals surface area (Å²) in [5, 5.41) is 0.547. The van der Waals surface area contributed by atoms with Gasteiger partial charge in [-0.15, -0.1) is 0 Å². The van der Waals surface area contributed by atoms with Gasteiger partial charge in [0, 0.05) is 24.8 Å². The second-order valence-corrected chi connectivity index (χ2v) is 6.33. The van der Waals surface area contributed by atoms with E-state index < -0.39 is 0 Å². The Hall–Kier alpha value is -2.97. The van der Waals surface area contributed by atoms with Gasteiger partial charge < -0.3 is 4.74 Å². The lowest BCUT2D eigenvalue weighted by Gasteiger charge is -2.14. The summed E-state index contributed by atoms with van der Waals surface area (Å²) in [6.45, 7) is 0.692. The van der Waals surface area contributed by atoms with Crippen molar-refractivity contribution in [2.75, 3.05) is 6.61 Å². The molecular weight excluding hydrogens is 331 g/mol. The number of nitrogens with zero attached hydrogens (tertiary/aromatic N) is 2. The van der Waals surface area contributed by atoms with Gasteiger partial charge in [-0.05, 0) is 49.2 Å². The minimum absolute atomic E-state index is 0.0925.